The fourth-order valence-corrected chi connectivity index (χ4v) is 3.05. The largest absolute Gasteiger partial charge is 0.382 e. The first kappa shape index (κ1) is 18.1. The maximum atomic E-state index is 12.1. The highest BCUT2D eigenvalue weighted by molar-refractivity contribution is 6.29. The minimum absolute atomic E-state index is 0.165. The summed E-state index contributed by atoms with van der Waals surface area (Å²) < 4.78 is 2.13. The zero-order chi connectivity index (χ0) is 18.8. The van der Waals surface area contributed by atoms with Gasteiger partial charge in [0.25, 0.3) is 5.91 Å². The molecule has 1 amide bonds. The first-order valence-corrected chi connectivity index (χ1v) is 8.75. The van der Waals surface area contributed by atoms with Crippen molar-refractivity contribution in [3.05, 3.63) is 46.1 Å². The lowest BCUT2D eigenvalue weighted by molar-refractivity contribution is 0.0952. The smallest absolute Gasteiger partial charge is 0.252 e. The number of anilines is 1. The number of nitrogens with two attached hydrogens (primary N) is 1. The highest BCUT2D eigenvalue weighted by Crippen LogP contribution is 2.25. The number of amides is 1. The standard InChI is InChI=1S/C18H21ClN6O/c1-10-11(2)23-17(20)15-16(10)25(12(3)24-15)8-4-7-21-18(26)13-5-6-14(19)22-9-13/h5-6,9H,4,7-8H2,1-3H3,(H2,20,23)(H,21,26). The van der Waals surface area contributed by atoms with Crippen molar-refractivity contribution in [3.8, 4) is 0 Å². The van der Waals surface area contributed by atoms with Gasteiger partial charge in [-0.2, -0.15) is 0 Å². The van der Waals surface area contributed by atoms with E-state index in [0.29, 0.717) is 23.1 Å². The lowest BCUT2D eigenvalue weighted by Gasteiger charge is -2.11. The molecule has 0 aliphatic carbocycles. The topological polar surface area (TPSA) is 98.7 Å². The van der Waals surface area contributed by atoms with E-state index < -0.39 is 0 Å². The zero-order valence-electron chi connectivity index (χ0n) is 15.0. The number of carbonyl (C=O) groups excluding carboxylic acids is 1. The number of carbonyl (C=O) groups is 1. The fraction of sp³-hybridized carbons (Fsp3) is 0.333. The molecule has 8 heteroatoms. The van der Waals surface area contributed by atoms with Crippen LogP contribution in [0.25, 0.3) is 11.0 Å². The second-order valence-electron chi connectivity index (χ2n) is 6.19. The Kier molecular flexibility index (Phi) is 5.08. The number of rotatable bonds is 5. The van der Waals surface area contributed by atoms with Gasteiger partial charge in [0.15, 0.2) is 5.82 Å². The second kappa shape index (κ2) is 7.29. The summed E-state index contributed by atoms with van der Waals surface area (Å²) in [4.78, 5) is 24.9. The molecule has 0 aliphatic rings. The predicted molar refractivity (Wildman–Crippen MR) is 102 cm³/mol. The summed E-state index contributed by atoms with van der Waals surface area (Å²) >= 11 is 5.73. The molecule has 26 heavy (non-hydrogen) atoms. The third kappa shape index (κ3) is 3.48. The van der Waals surface area contributed by atoms with Gasteiger partial charge in [-0.1, -0.05) is 11.6 Å². The molecule has 0 saturated carbocycles. The number of pyridine rings is 2. The number of aryl methyl sites for hydroxylation is 4. The van der Waals surface area contributed by atoms with Crippen LogP contribution in [0.15, 0.2) is 18.3 Å². The molecule has 136 valence electrons. The van der Waals surface area contributed by atoms with Crippen molar-refractivity contribution in [2.24, 2.45) is 0 Å². The molecule has 0 saturated heterocycles. The minimum Gasteiger partial charge on any atom is -0.382 e. The second-order valence-corrected chi connectivity index (χ2v) is 6.58. The molecule has 3 N–H and O–H groups in total. The highest BCUT2D eigenvalue weighted by atomic mass is 35.5. The van der Waals surface area contributed by atoms with Gasteiger partial charge >= 0.3 is 0 Å². The van der Waals surface area contributed by atoms with E-state index in [4.69, 9.17) is 17.3 Å². The molecule has 0 unspecified atom stereocenters. The molecule has 3 rings (SSSR count). The van der Waals surface area contributed by atoms with E-state index in [1.165, 1.54) is 6.20 Å². The van der Waals surface area contributed by atoms with E-state index in [0.717, 1.165) is 41.1 Å². The summed E-state index contributed by atoms with van der Waals surface area (Å²) in [5, 5.41) is 3.26. The number of nitrogens with one attached hydrogen (secondary N) is 1. The van der Waals surface area contributed by atoms with Crippen LogP contribution in [-0.4, -0.2) is 32.0 Å². The van der Waals surface area contributed by atoms with E-state index in [1.807, 2.05) is 20.8 Å². The number of halogens is 1. The lowest BCUT2D eigenvalue weighted by atomic mass is 10.2. The predicted octanol–water partition coefficient (Wildman–Crippen LogP) is 2.81. The maximum Gasteiger partial charge on any atom is 0.252 e. The molecule has 0 atom stereocenters. The van der Waals surface area contributed by atoms with Crippen molar-refractivity contribution >= 4 is 34.4 Å². The first-order valence-electron chi connectivity index (χ1n) is 8.37. The molecule has 0 spiro atoms. The van der Waals surface area contributed by atoms with E-state index in [1.54, 1.807) is 12.1 Å². The Bertz CT molecular complexity index is 964. The number of nitrogen functional groups attached to an aromatic ring is 1. The van der Waals surface area contributed by atoms with Gasteiger partial charge in [-0.25, -0.2) is 15.0 Å². The Morgan fingerprint density at radius 2 is 2.04 bits per heavy atom. The lowest BCUT2D eigenvalue weighted by Crippen LogP contribution is -2.25. The summed E-state index contributed by atoms with van der Waals surface area (Å²) in [6, 6.07) is 3.25. The summed E-state index contributed by atoms with van der Waals surface area (Å²) in [5.41, 5.74) is 10.2. The number of imidazole rings is 1. The summed E-state index contributed by atoms with van der Waals surface area (Å²) in [6.45, 7) is 7.19. The Labute approximate surface area is 156 Å². The van der Waals surface area contributed by atoms with Crippen molar-refractivity contribution in [1.29, 1.82) is 0 Å². The van der Waals surface area contributed by atoms with E-state index in [-0.39, 0.29) is 5.91 Å². The van der Waals surface area contributed by atoms with Crippen LogP contribution in [0.4, 0.5) is 5.82 Å². The fourth-order valence-electron chi connectivity index (χ4n) is 2.94. The van der Waals surface area contributed by atoms with E-state index in [9.17, 15) is 4.79 Å². The molecule has 0 fully saturated rings. The van der Waals surface area contributed by atoms with Crippen molar-refractivity contribution in [2.45, 2.75) is 33.7 Å². The van der Waals surface area contributed by atoms with Gasteiger partial charge in [0.1, 0.15) is 16.5 Å². The maximum absolute atomic E-state index is 12.1. The van der Waals surface area contributed by atoms with Gasteiger partial charge in [0.2, 0.25) is 0 Å². The zero-order valence-corrected chi connectivity index (χ0v) is 15.8. The normalized spacial score (nSPS) is 11.1. The molecule has 3 aromatic rings. The van der Waals surface area contributed by atoms with Gasteiger partial charge in [-0.05, 0) is 44.9 Å². The molecule has 3 heterocycles. The van der Waals surface area contributed by atoms with E-state index >= 15 is 0 Å². The van der Waals surface area contributed by atoms with Crippen molar-refractivity contribution in [3.63, 3.8) is 0 Å². The molecular weight excluding hydrogens is 352 g/mol. The molecular formula is C18H21ClN6O. The monoisotopic (exact) mass is 372 g/mol. The Morgan fingerprint density at radius 3 is 2.73 bits per heavy atom. The Morgan fingerprint density at radius 1 is 1.27 bits per heavy atom. The van der Waals surface area contributed by atoms with Gasteiger partial charge < -0.3 is 15.6 Å². The molecule has 0 radical (unpaired) electrons. The number of hydrogen-bond donors (Lipinski definition) is 2. The van der Waals surface area contributed by atoms with Gasteiger partial charge in [0, 0.05) is 25.0 Å². The quantitative estimate of drug-likeness (QED) is 0.530. The van der Waals surface area contributed by atoms with Crippen LogP contribution < -0.4 is 11.1 Å². The summed E-state index contributed by atoms with van der Waals surface area (Å²) in [7, 11) is 0. The van der Waals surface area contributed by atoms with Gasteiger partial charge in [-0.3, -0.25) is 4.79 Å². The Hall–Kier alpha value is -2.67. The van der Waals surface area contributed by atoms with Crippen LogP contribution in [0.5, 0.6) is 0 Å². The number of fused-ring (bicyclic) bond motifs is 1. The summed E-state index contributed by atoms with van der Waals surface area (Å²) in [6.07, 6.45) is 2.23. The first-order chi connectivity index (χ1) is 12.4. The molecule has 7 nitrogen and oxygen atoms in total. The van der Waals surface area contributed by atoms with Crippen LogP contribution >= 0.6 is 11.6 Å². The average Bonchev–Trinajstić information content (AvgIpc) is 2.94. The molecule has 0 aromatic carbocycles. The minimum atomic E-state index is -0.165. The Balaban J connectivity index is 1.68. The number of hydrogen-bond acceptors (Lipinski definition) is 5. The average molecular weight is 373 g/mol. The number of nitrogens with zero attached hydrogens (tertiary/aromatic N) is 4. The third-order valence-electron chi connectivity index (χ3n) is 4.42. The molecule has 3 aromatic heterocycles. The van der Waals surface area contributed by atoms with Gasteiger partial charge in [-0.15, -0.1) is 0 Å². The van der Waals surface area contributed by atoms with Crippen LogP contribution in [-0.2, 0) is 6.54 Å². The van der Waals surface area contributed by atoms with Crippen LogP contribution in [0.2, 0.25) is 5.15 Å². The third-order valence-corrected chi connectivity index (χ3v) is 4.64. The van der Waals surface area contributed by atoms with Crippen LogP contribution in [0, 0.1) is 20.8 Å². The molecule has 0 aliphatic heterocycles. The SMILES string of the molecule is Cc1nc(N)c2nc(C)n(CCCNC(=O)c3ccc(Cl)nc3)c2c1C. The highest BCUT2D eigenvalue weighted by Gasteiger charge is 2.15. The van der Waals surface area contributed by atoms with Crippen molar-refractivity contribution in [1.82, 2.24) is 24.8 Å². The van der Waals surface area contributed by atoms with Crippen molar-refractivity contribution < 1.29 is 4.79 Å². The van der Waals surface area contributed by atoms with E-state index in [2.05, 4.69) is 24.8 Å². The summed E-state index contributed by atoms with van der Waals surface area (Å²) in [5.74, 6) is 1.17. The number of aromatic nitrogens is 4. The van der Waals surface area contributed by atoms with Gasteiger partial charge in [0.05, 0.1) is 11.1 Å². The van der Waals surface area contributed by atoms with Crippen LogP contribution in [0.1, 0.15) is 33.9 Å². The molecule has 0 bridgehead atoms. The van der Waals surface area contributed by atoms with Crippen LogP contribution in [0.3, 0.4) is 0 Å². The van der Waals surface area contributed by atoms with Crippen molar-refractivity contribution in [2.75, 3.05) is 12.3 Å².